The molecular formula is C21H19N5O3S2. The van der Waals surface area contributed by atoms with Gasteiger partial charge in [-0.05, 0) is 31.2 Å². The van der Waals surface area contributed by atoms with Crippen LogP contribution in [-0.4, -0.2) is 38.0 Å². The first-order valence-corrected chi connectivity index (χ1v) is 11.3. The molecule has 31 heavy (non-hydrogen) atoms. The molecule has 0 saturated carbocycles. The van der Waals surface area contributed by atoms with Crippen LogP contribution < -0.4 is 15.6 Å². The van der Waals surface area contributed by atoms with Crippen LogP contribution in [0.5, 0.6) is 5.75 Å². The standard InChI is InChI=1S/C21H19N5O3S2/c1-14-6-8-15(9-7-14)29-10-11-30-21-25-24-20(31-21)23-18(27)12-26-13-22-17-5-3-2-4-16(17)19(26)28/h2-9,13H,10-12H2,1H3,(H,23,24,27). The lowest BCUT2D eigenvalue weighted by molar-refractivity contribution is -0.116. The molecule has 0 spiro atoms. The van der Waals surface area contributed by atoms with Crippen molar-refractivity contribution in [1.29, 1.82) is 0 Å². The number of hydrogen-bond donors (Lipinski definition) is 1. The second-order valence-electron chi connectivity index (χ2n) is 6.63. The van der Waals surface area contributed by atoms with E-state index >= 15 is 0 Å². The van der Waals surface area contributed by atoms with Crippen molar-refractivity contribution in [2.24, 2.45) is 0 Å². The molecule has 0 atom stereocenters. The molecule has 0 aliphatic carbocycles. The van der Waals surface area contributed by atoms with Crippen molar-refractivity contribution in [1.82, 2.24) is 19.7 Å². The number of aryl methyl sites for hydroxylation is 1. The number of ether oxygens (including phenoxy) is 1. The normalized spacial score (nSPS) is 10.9. The maximum atomic E-state index is 12.5. The molecule has 2 heterocycles. The maximum Gasteiger partial charge on any atom is 0.261 e. The SMILES string of the molecule is Cc1ccc(OCCSc2nnc(NC(=O)Cn3cnc4ccccc4c3=O)s2)cc1. The number of thioether (sulfide) groups is 1. The molecule has 0 fully saturated rings. The van der Waals surface area contributed by atoms with E-state index in [0.717, 1.165) is 10.1 Å². The second kappa shape index (κ2) is 9.71. The Morgan fingerprint density at radius 3 is 2.81 bits per heavy atom. The highest BCUT2D eigenvalue weighted by Crippen LogP contribution is 2.25. The number of hydrogen-bond acceptors (Lipinski definition) is 8. The summed E-state index contributed by atoms with van der Waals surface area (Å²) in [5, 5.41) is 11.6. The lowest BCUT2D eigenvalue weighted by Gasteiger charge is -2.06. The number of amides is 1. The van der Waals surface area contributed by atoms with Gasteiger partial charge in [-0.1, -0.05) is 52.9 Å². The van der Waals surface area contributed by atoms with Gasteiger partial charge in [-0.2, -0.15) is 0 Å². The van der Waals surface area contributed by atoms with Crippen LogP contribution in [0.4, 0.5) is 5.13 Å². The topological polar surface area (TPSA) is 99.0 Å². The van der Waals surface area contributed by atoms with Crippen LogP contribution in [0.15, 0.2) is 64.0 Å². The van der Waals surface area contributed by atoms with Crippen molar-refractivity contribution < 1.29 is 9.53 Å². The number of carbonyl (C=O) groups excluding carboxylic acids is 1. The molecular weight excluding hydrogens is 434 g/mol. The zero-order valence-corrected chi connectivity index (χ0v) is 18.3. The lowest BCUT2D eigenvalue weighted by Crippen LogP contribution is -2.27. The van der Waals surface area contributed by atoms with E-state index < -0.39 is 0 Å². The number of nitrogens with zero attached hydrogens (tertiary/aromatic N) is 4. The molecule has 2 aromatic carbocycles. The predicted molar refractivity (Wildman–Crippen MR) is 122 cm³/mol. The monoisotopic (exact) mass is 453 g/mol. The van der Waals surface area contributed by atoms with Crippen molar-refractivity contribution in [3.63, 3.8) is 0 Å². The Labute approximate surface area is 186 Å². The quantitative estimate of drug-likeness (QED) is 0.248. The molecule has 0 aliphatic rings. The number of nitrogens with one attached hydrogen (secondary N) is 1. The van der Waals surface area contributed by atoms with Crippen LogP contribution in [0.1, 0.15) is 5.56 Å². The van der Waals surface area contributed by atoms with Crippen LogP contribution >= 0.6 is 23.1 Å². The Balaban J connectivity index is 1.27. The molecule has 0 unspecified atom stereocenters. The minimum Gasteiger partial charge on any atom is -0.493 e. The van der Waals surface area contributed by atoms with Gasteiger partial charge in [-0.25, -0.2) is 4.98 Å². The average Bonchev–Trinajstić information content (AvgIpc) is 3.21. The molecule has 8 nitrogen and oxygen atoms in total. The Bertz CT molecular complexity index is 1250. The van der Waals surface area contributed by atoms with Gasteiger partial charge in [0.05, 0.1) is 23.8 Å². The summed E-state index contributed by atoms with van der Waals surface area (Å²) in [6.45, 7) is 2.42. The summed E-state index contributed by atoms with van der Waals surface area (Å²) in [4.78, 5) is 29.0. The number of fused-ring (bicyclic) bond motifs is 1. The Kier molecular flexibility index (Phi) is 6.58. The van der Waals surface area contributed by atoms with Gasteiger partial charge >= 0.3 is 0 Å². The summed E-state index contributed by atoms with van der Waals surface area (Å²) >= 11 is 2.78. The van der Waals surface area contributed by atoms with Crippen molar-refractivity contribution in [3.8, 4) is 5.75 Å². The first kappa shape index (κ1) is 21.0. The summed E-state index contributed by atoms with van der Waals surface area (Å²) in [5.41, 5.74) is 1.52. The van der Waals surface area contributed by atoms with E-state index in [0.29, 0.717) is 28.4 Å². The van der Waals surface area contributed by atoms with Crippen LogP contribution in [0.3, 0.4) is 0 Å². The van der Waals surface area contributed by atoms with Gasteiger partial charge in [0.15, 0.2) is 4.34 Å². The third-order valence-electron chi connectivity index (χ3n) is 4.30. The van der Waals surface area contributed by atoms with E-state index in [9.17, 15) is 9.59 Å². The molecule has 4 aromatic rings. The Hall–Kier alpha value is -3.24. The molecule has 10 heteroatoms. The smallest absolute Gasteiger partial charge is 0.261 e. The fourth-order valence-electron chi connectivity index (χ4n) is 2.77. The van der Waals surface area contributed by atoms with E-state index in [1.54, 1.807) is 18.2 Å². The largest absolute Gasteiger partial charge is 0.493 e. The van der Waals surface area contributed by atoms with E-state index in [2.05, 4.69) is 20.5 Å². The molecule has 1 N–H and O–H groups in total. The van der Waals surface area contributed by atoms with Gasteiger partial charge in [-0.15, -0.1) is 10.2 Å². The van der Waals surface area contributed by atoms with Gasteiger partial charge in [0.2, 0.25) is 11.0 Å². The molecule has 0 radical (unpaired) electrons. The first-order valence-electron chi connectivity index (χ1n) is 9.48. The van der Waals surface area contributed by atoms with Crippen molar-refractivity contribution in [2.75, 3.05) is 17.7 Å². The van der Waals surface area contributed by atoms with Gasteiger partial charge in [0, 0.05) is 5.75 Å². The summed E-state index contributed by atoms with van der Waals surface area (Å²) in [7, 11) is 0. The number of benzene rings is 2. The van der Waals surface area contributed by atoms with E-state index in [4.69, 9.17) is 4.74 Å². The highest BCUT2D eigenvalue weighted by atomic mass is 32.2. The fraction of sp³-hybridized carbons (Fsp3) is 0.190. The van der Waals surface area contributed by atoms with Crippen LogP contribution in [0, 0.1) is 6.92 Å². The van der Waals surface area contributed by atoms with Gasteiger partial charge in [0.1, 0.15) is 12.3 Å². The number of anilines is 1. The molecule has 2 aromatic heterocycles. The molecule has 1 amide bonds. The maximum absolute atomic E-state index is 12.5. The minimum absolute atomic E-state index is 0.150. The highest BCUT2D eigenvalue weighted by molar-refractivity contribution is 8.01. The van der Waals surface area contributed by atoms with E-state index in [1.165, 1.54) is 39.6 Å². The Morgan fingerprint density at radius 2 is 1.97 bits per heavy atom. The third kappa shape index (κ3) is 5.47. The molecule has 158 valence electrons. The van der Waals surface area contributed by atoms with Crippen LogP contribution in [0.2, 0.25) is 0 Å². The Morgan fingerprint density at radius 1 is 1.16 bits per heavy atom. The van der Waals surface area contributed by atoms with Crippen molar-refractivity contribution in [2.45, 2.75) is 17.8 Å². The van der Waals surface area contributed by atoms with E-state index in [1.807, 2.05) is 37.3 Å². The minimum atomic E-state index is -0.366. The number of aromatic nitrogens is 4. The molecule has 0 saturated heterocycles. The summed E-state index contributed by atoms with van der Waals surface area (Å²) in [6, 6.07) is 14.9. The number of para-hydroxylation sites is 1. The zero-order chi connectivity index (χ0) is 21.6. The summed E-state index contributed by atoms with van der Waals surface area (Å²) < 4.78 is 7.69. The highest BCUT2D eigenvalue weighted by Gasteiger charge is 2.11. The number of rotatable bonds is 8. The average molecular weight is 454 g/mol. The summed E-state index contributed by atoms with van der Waals surface area (Å²) in [6.07, 6.45) is 1.37. The molecule has 4 rings (SSSR count). The third-order valence-corrected chi connectivity index (χ3v) is 6.23. The lowest BCUT2D eigenvalue weighted by atomic mass is 10.2. The zero-order valence-electron chi connectivity index (χ0n) is 16.6. The van der Waals surface area contributed by atoms with Crippen LogP contribution in [-0.2, 0) is 11.3 Å². The molecule has 0 bridgehead atoms. The second-order valence-corrected chi connectivity index (χ2v) is 8.95. The van der Waals surface area contributed by atoms with E-state index in [-0.39, 0.29) is 18.0 Å². The van der Waals surface area contributed by atoms with Crippen molar-refractivity contribution >= 4 is 45.0 Å². The molecule has 0 aliphatic heterocycles. The number of carbonyl (C=O) groups is 1. The van der Waals surface area contributed by atoms with Crippen molar-refractivity contribution in [3.05, 3.63) is 70.8 Å². The van der Waals surface area contributed by atoms with Gasteiger partial charge in [0.25, 0.3) is 5.56 Å². The first-order chi connectivity index (χ1) is 15.1. The fourth-order valence-corrected chi connectivity index (χ4v) is 4.43. The van der Waals surface area contributed by atoms with Crippen LogP contribution in [0.25, 0.3) is 10.9 Å². The van der Waals surface area contributed by atoms with Gasteiger partial charge < -0.3 is 4.74 Å². The predicted octanol–water partition coefficient (Wildman–Crippen LogP) is 3.37. The summed E-state index contributed by atoms with van der Waals surface area (Å²) in [5.74, 6) is 1.17. The van der Waals surface area contributed by atoms with Gasteiger partial charge in [-0.3, -0.25) is 19.5 Å².